The summed E-state index contributed by atoms with van der Waals surface area (Å²) in [5.74, 6) is 2.04. The molecule has 0 spiro atoms. The Hall–Kier alpha value is -0.760. The summed E-state index contributed by atoms with van der Waals surface area (Å²) in [5.41, 5.74) is -0.668. The molecule has 0 bridgehead atoms. The molecule has 0 unspecified atom stereocenters. The van der Waals surface area contributed by atoms with E-state index in [4.69, 9.17) is 4.42 Å². The normalized spacial score (nSPS) is 33.4. The summed E-state index contributed by atoms with van der Waals surface area (Å²) < 4.78 is 5.22. The van der Waals surface area contributed by atoms with Gasteiger partial charge in [0.2, 0.25) is 0 Å². The first-order chi connectivity index (χ1) is 6.12. The fraction of sp³-hybridized carbons (Fsp3) is 0.636. The molecule has 0 atom stereocenters. The van der Waals surface area contributed by atoms with E-state index in [0.29, 0.717) is 11.8 Å². The Balaban J connectivity index is 2.04. The molecule has 1 aromatic heterocycles. The third kappa shape index (κ3) is 1.39. The number of rotatable bonds is 2. The van der Waals surface area contributed by atoms with Crippen molar-refractivity contribution in [3.8, 4) is 0 Å². The highest BCUT2D eigenvalue weighted by Crippen LogP contribution is 2.48. The average molecular weight is 180 g/mol. The van der Waals surface area contributed by atoms with Crippen molar-refractivity contribution in [1.29, 1.82) is 0 Å². The minimum absolute atomic E-state index is 0.648. The van der Waals surface area contributed by atoms with Crippen LogP contribution in [0, 0.1) is 11.8 Å². The van der Waals surface area contributed by atoms with Crippen molar-refractivity contribution in [2.24, 2.45) is 11.8 Å². The minimum atomic E-state index is -0.668. The largest absolute Gasteiger partial charge is 0.466 e. The Morgan fingerprint density at radius 1 is 1.54 bits per heavy atom. The number of hydrogen-bond acceptors (Lipinski definition) is 2. The van der Waals surface area contributed by atoms with Gasteiger partial charge in [0.25, 0.3) is 0 Å². The van der Waals surface area contributed by atoms with Crippen LogP contribution < -0.4 is 0 Å². The molecule has 2 rings (SSSR count). The zero-order chi connectivity index (χ0) is 9.47. The maximum absolute atomic E-state index is 10.1. The van der Waals surface area contributed by atoms with Gasteiger partial charge < -0.3 is 9.52 Å². The second kappa shape index (κ2) is 2.88. The molecule has 2 nitrogen and oxygen atoms in total. The molecule has 0 aromatic carbocycles. The van der Waals surface area contributed by atoms with Gasteiger partial charge in [-0.3, -0.25) is 0 Å². The van der Waals surface area contributed by atoms with Crippen molar-refractivity contribution in [2.75, 3.05) is 0 Å². The molecule has 1 N–H and O–H groups in total. The van der Waals surface area contributed by atoms with Crippen LogP contribution in [0.15, 0.2) is 22.8 Å². The van der Waals surface area contributed by atoms with Gasteiger partial charge in [-0.1, -0.05) is 13.8 Å². The van der Waals surface area contributed by atoms with Gasteiger partial charge in [0.15, 0.2) is 0 Å². The second-order valence-corrected chi connectivity index (χ2v) is 4.42. The third-order valence-corrected chi connectivity index (χ3v) is 3.12. The lowest BCUT2D eigenvalue weighted by Crippen LogP contribution is -2.42. The predicted molar refractivity (Wildman–Crippen MR) is 50.2 cm³/mol. The van der Waals surface area contributed by atoms with Crippen molar-refractivity contribution >= 4 is 0 Å². The molecule has 1 aromatic rings. The third-order valence-electron chi connectivity index (χ3n) is 3.12. The molecule has 0 amide bonds. The van der Waals surface area contributed by atoms with Gasteiger partial charge in [-0.25, -0.2) is 0 Å². The van der Waals surface area contributed by atoms with E-state index in [9.17, 15) is 5.11 Å². The van der Waals surface area contributed by atoms with E-state index in [1.807, 2.05) is 12.1 Å². The van der Waals surface area contributed by atoms with Crippen LogP contribution in [0.3, 0.4) is 0 Å². The van der Waals surface area contributed by atoms with Gasteiger partial charge in [-0.15, -0.1) is 0 Å². The Labute approximate surface area is 78.6 Å². The second-order valence-electron chi connectivity index (χ2n) is 4.42. The lowest BCUT2D eigenvalue weighted by atomic mass is 9.65. The van der Waals surface area contributed by atoms with E-state index in [0.717, 1.165) is 18.6 Å². The minimum Gasteiger partial charge on any atom is -0.466 e. The molecular formula is C11H16O2. The summed E-state index contributed by atoms with van der Waals surface area (Å²) >= 11 is 0. The smallest absolute Gasteiger partial charge is 0.135 e. The molecule has 1 aliphatic rings. The zero-order valence-electron chi connectivity index (χ0n) is 8.16. The summed E-state index contributed by atoms with van der Waals surface area (Å²) in [4.78, 5) is 0. The molecule has 13 heavy (non-hydrogen) atoms. The quantitative estimate of drug-likeness (QED) is 0.758. The Kier molecular flexibility index (Phi) is 1.95. The Morgan fingerprint density at radius 3 is 2.69 bits per heavy atom. The highest BCUT2D eigenvalue weighted by Gasteiger charge is 2.46. The number of furan rings is 1. The van der Waals surface area contributed by atoms with Crippen molar-refractivity contribution < 1.29 is 9.52 Å². The topological polar surface area (TPSA) is 33.4 Å². The van der Waals surface area contributed by atoms with Gasteiger partial charge in [-0.2, -0.15) is 0 Å². The fourth-order valence-corrected chi connectivity index (χ4v) is 2.02. The van der Waals surface area contributed by atoms with Crippen molar-refractivity contribution in [2.45, 2.75) is 32.3 Å². The summed E-state index contributed by atoms with van der Waals surface area (Å²) in [6.45, 7) is 4.40. The molecule has 2 heteroatoms. The van der Waals surface area contributed by atoms with Crippen LogP contribution in [0.25, 0.3) is 0 Å². The van der Waals surface area contributed by atoms with Gasteiger partial charge in [0, 0.05) is 0 Å². The van der Waals surface area contributed by atoms with E-state index < -0.39 is 5.60 Å². The fourth-order valence-electron chi connectivity index (χ4n) is 2.02. The lowest BCUT2D eigenvalue weighted by Gasteiger charge is -2.44. The van der Waals surface area contributed by atoms with Crippen LogP contribution in [0.2, 0.25) is 0 Å². The van der Waals surface area contributed by atoms with Gasteiger partial charge in [-0.05, 0) is 36.8 Å². The van der Waals surface area contributed by atoms with E-state index in [2.05, 4.69) is 13.8 Å². The molecule has 1 aliphatic carbocycles. The predicted octanol–water partition coefficient (Wildman–Crippen LogP) is 2.53. The van der Waals surface area contributed by atoms with Crippen molar-refractivity contribution in [1.82, 2.24) is 0 Å². The highest BCUT2D eigenvalue weighted by atomic mass is 16.4. The number of hydrogen-bond donors (Lipinski definition) is 1. The van der Waals surface area contributed by atoms with Crippen LogP contribution in [0.1, 0.15) is 32.4 Å². The average Bonchev–Trinajstić information content (AvgIpc) is 2.49. The van der Waals surface area contributed by atoms with Gasteiger partial charge >= 0.3 is 0 Å². The monoisotopic (exact) mass is 180 g/mol. The van der Waals surface area contributed by atoms with E-state index >= 15 is 0 Å². The van der Waals surface area contributed by atoms with Crippen LogP contribution in [0.4, 0.5) is 0 Å². The van der Waals surface area contributed by atoms with Gasteiger partial charge in [0.1, 0.15) is 11.4 Å². The van der Waals surface area contributed by atoms with E-state index in [1.165, 1.54) is 0 Å². The summed E-state index contributed by atoms with van der Waals surface area (Å²) in [6, 6.07) is 3.69. The van der Waals surface area contributed by atoms with Crippen LogP contribution in [-0.4, -0.2) is 5.11 Å². The van der Waals surface area contributed by atoms with E-state index in [1.54, 1.807) is 6.26 Å². The first-order valence-corrected chi connectivity index (χ1v) is 4.88. The van der Waals surface area contributed by atoms with Gasteiger partial charge in [0.05, 0.1) is 6.26 Å². The Morgan fingerprint density at radius 2 is 2.23 bits per heavy atom. The molecule has 0 radical (unpaired) electrons. The molecule has 0 saturated heterocycles. The molecule has 1 fully saturated rings. The highest BCUT2D eigenvalue weighted by molar-refractivity contribution is 5.14. The number of aliphatic hydroxyl groups is 1. The lowest BCUT2D eigenvalue weighted by molar-refractivity contribution is -0.107. The Bertz CT molecular complexity index is 268. The van der Waals surface area contributed by atoms with Crippen molar-refractivity contribution in [3.05, 3.63) is 24.2 Å². The first-order valence-electron chi connectivity index (χ1n) is 4.88. The molecular weight excluding hydrogens is 164 g/mol. The van der Waals surface area contributed by atoms with Crippen LogP contribution in [-0.2, 0) is 5.60 Å². The summed E-state index contributed by atoms with van der Waals surface area (Å²) in [5, 5.41) is 10.1. The van der Waals surface area contributed by atoms with E-state index in [-0.39, 0.29) is 0 Å². The molecule has 72 valence electrons. The SMILES string of the molecule is CC(C)C1CC(O)(c2ccco2)C1. The first kappa shape index (κ1) is 8.82. The molecule has 1 heterocycles. The maximum Gasteiger partial charge on any atom is 0.135 e. The molecule has 1 saturated carbocycles. The van der Waals surface area contributed by atoms with Crippen LogP contribution in [0.5, 0.6) is 0 Å². The van der Waals surface area contributed by atoms with Crippen molar-refractivity contribution in [3.63, 3.8) is 0 Å². The van der Waals surface area contributed by atoms with Crippen LogP contribution >= 0.6 is 0 Å². The summed E-state index contributed by atoms with van der Waals surface area (Å²) in [6.07, 6.45) is 3.31. The maximum atomic E-state index is 10.1. The molecule has 0 aliphatic heterocycles. The summed E-state index contributed by atoms with van der Waals surface area (Å²) in [7, 11) is 0. The standard InChI is InChI=1S/C11H16O2/c1-8(2)9-6-11(12,7-9)10-4-3-5-13-10/h3-5,8-9,12H,6-7H2,1-2H3. The zero-order valence-corrected chi connectivity index (χ0v) is 8.16.